The van der Waals surface area contributed by atoms with Gasteiger partial charge in [-0.3, -0.25) is 9.97 Å². The van der Waals surface area contributed by atoms with E-state index in [1.807, 2.05) is 36.7 Å². The van der Waals surface area contributed by atoms with Gasteiger partial charge in [-0.15, -0.1) is 0 Å². The minimum Gasteiger partial charge on any atom is -0.256 e. The van der Waals surface area contributed by atoms with E-state index in [2.05, 4.69) is 165 Å². The molecule has 0 aliphatic carbocycles. The Hall–Kier alpha value is -7.01. The molecule has 0 amide bonds. The van der Waals surface area contributed by atoms with Gasteiger partial charge < -0.3 is 0 Å². The number of hydrogen-bond donors (Lipinski definition) is 0. The molecule has 7 aromatic carbocycles. The van der Waals surface area contributed by atoms with E-state index in [9.17, 15) is 0 Å². The van der Waals surface area contributed by atoms with Gasteiger partial charge in [0.25, 0.3) is 0 Å². The summed E-state index contributed by atoms with van der Waals surface area (Å²) < 4.78 is 0. The van der Waals surface area contributed by atoms with Crippen molar-refractivity contribution in [1.29, 1.82) is 0 Å². The fraction of sp³-hybridized carbons (Fsp3) is 0.0377. The molecule has 0 unspecified atom stereocenters. The smallest absolute Gasteiger partial charge is 0.113 e. The van der Waals surface area contributed by atoms with Gasteiger partial charge in [-0.1, -0.05) is 153 Å². The molecule has 4 heterocycles. The second kappa shape index (κ2) is 13.0. The van der Waals surface area contributed by atoms with Crippen LogP contribution >= 0.6 is 0 Å². The van der Waals surface area contributed by atoms with Crippen molar-refractivity contribution < 1.29 is 0 Å². The number of para-hydroxylation sites is 1. The molecule has 11 rings (SSSR count). The number of rotatable bonds is 5. The highest BCUT2D eigenvalue weighted by Crippen LogP contribution is 2.38. The Balaban J connectivity index is 0.997. The topological polar surface area (TPSA) is 38.7 Å². The van der Waals surface area contributed by atoms with Crippen molar-refractivity contribution in [2.24, 2.45) is 0 Å². The van der Waals surface area contributed by atoms with E-state index in [-0.39, 0.29) is 0 Å². The van der Waals surface area contributed by atoms with Crippen molar-refractivity contribution in [3.05, 3.63) is 188 Å². The molecule has 1 aliphatic rings. The zero-order chi connectivity index (χ0) is 38.1. The second-order valence-corrected chi connectivity index (χ2v) is 20.0. The lowest BCUT2D eigenvalue weighted by Gasteiger charge is -2.20. The standard InChI is InChI=1S/C53H37N3Si/c1-57(2)49-16-7-6-14-46(49)47-25-23-39(32-50(47)57)42-29-41(30-43(31-42)45-15-8-12-37-13-9-27-54-51(37)45)34-17-19-35(20-18-34)44-28-40-22-21-38-24-26-48(36-10-4-3-5-11-36)56-53(38)52(40)55-33-44/h3-33H,1-2H3. The average molecular weight is 744 g/mol. The quantitative estimate of drug-likeness (QED) is 0.130. The zero-order valence-corrected chi connectivity index (χ0v) is 32.7. The van der Waals surface area contributed by atoms with Gasteiger partial charge in [0.15, 0.2) is 0 Å². The van der Waals surface area contributed by atoms with E-state index in [4.69, 9.17) is 15.0 Å². The molecule has 0 N–H and O–H groups in total. The summed E-state index contributed by atoms with van der Waals surface area (Å²) in [6, 6.07) is 63.8. The molecule has 0 radical (unpaired) electrons. The largest absolute Gasteiger partial charge is 0.256 e. The monoisotopic (exact) mass is 743 g/mol. The van der Waals surface area contributed by atoms with Crippen LogP contribution < -0.4 is 10.4 Å². The highest BCUT2D eigenvalue weighted by molar-refractivity contribution is 7.03. The minimum absolute atomic E-state index is 0.916. The van der Waals surface area contributed by atoms with Crippen LogP contribution in [0.3, 0.4) is 0 Å². The van der Waals surface area contributed by atoms with Crippen LogP contribution in [0.5, 0.6) is 0 Å². The molecule has 0 fully saturated rings. The Morgan fingerprint density at radius 3 is 1.86 bits per heavy atom. The summed E-state index contributed by atoms with van der Waals surface area (Å²) >= 11 is 0. The first-order valence-corrected chi connectivity index (χ1v) is 22.6. The van der Waals surface area contributed by atoms with E-state index in [1.54, 1.807) is 0 Å². The summed E-state index contributed by atoms with van der Waals surface area (Å²) in [7, 11) is -1.84. The van der Waals surface area contributed by atoms with E-state index in [1.165, 1.54) is 38.2 Å². The van der Waals surface area contributed by atoms with Gasteiger partial charge in [-0.25, -0.2) is 4.98 Å². The molecule has 3 nitrogen and oxygen atoms in total. The fourth-order valence-corrected chi connectivity index (χ4v) is 12.0. The molecule has 0 saturated carbocycles. The third-order valence-electron chi connectivity index (χ3n) is 11.9. The van der Waals surface area contributed by atoms with Gasteiger partial charge in [0, 0.05) is 45.2 Å². The number of hydrogen-bond acceptors (Lipinski definition) is 3. The first kappa shape index (κ1) is 33.3. The van der Waals surface area contributed by atoms with E-state index >= 15 is 0 Å². The van der Waals surface area contributed by atoms with Crippen molar-refractivity contribution in [2.75, 3.05) is 0 Å². The van der Waals surface area contributed by atoms with Crippen LogP contribution in [0.25, 0.3) is 99.6 Å². The van der Waals surface area contributed by atoms with Gasteiger partial charge in [0.2, 0.25) is 0 Å². The van der Waals surface area contributed by atoms with Crippen molar-refractivity contribution in [1.82, 2.24) is 15.0 Å². The van der Waals surface area contributed by atoms with Crippen LogP contribution in [-0.4, -0.2) is 23.0 Å². The van der Waals surface area contributed by atoms with Crippen LogP contribution in [0, 0.1) is 0 Å². The molecule has 0 atom stereocenters. The maximum Gasteiger partial charge on any atom is 0.113 e. The summed E-state index contributed by atoms with van der Waals surface area (Å²) in [6.07, 6.45) is 3.87. The Kier molecular flexibility index (Phi) is 7.63. The van der Waals surface area contributed by atoms with Gasteiger partial charge in [-0.05, 0) is 91.3 Å². The van der Waals surface area contributed by atoms with Crippen LogP contribution in [0.1, 0.15) is 0 Å². The predicted octanol–water partition coefficient (Wildman–Crippen LogP) is 12.5. The number of fused-ring (bicyclic) bond motifs is 7. The summed E-state index contributed by atoms with van der Waals surface area (Å²) in [5, 5.41) is 6.33. The van der Waals surface area contributed by atoms with Crippen LogP contribution in [0.4, 0.5) is 0 Å². The molecule has 1 aliphatic heterocycles. The molecule has 3 aromatic heterocycles. The van der Waals surface area contributed by atoms with Crippen molar-refractivity contribution in [2.45, 2.75) is 13.1 Å². The van der Waals surface area contributed by atoms with Gasteiger partial charge >= 0.3 is 0 Å². The van der Waals surface area contributed by atoms with Crippen molar-refractivity contribution >= 4 is 51.2 Å². The maximum absolute atomic E-state index is 5.06. The van der Waals surface area contributed by atoms with E-state index in [0.29, 0.717) is 0 Å². The first-order chi connectivity index (χ1) is 28.0. The van der Waals surface area contributed by atoms with Crippen LogP contribution in [-0.2, 0) is 0 Å². The normalized spacial score (nSPS) is 12.9. The lowest BCUT2D eigenvalue weighted by molar-refractivity contribution is 1.37. The molecule has 0 spiro atoms. The SMILES string of the molecule is C[Si]1(C)c2ccccc2-c2ccc(-c3cc(-c4ccc(-c5cnc6c(ccc7ccc(-c8ccccc8)nc76)c5)cc4)cc(-c4cccc5cccnc45)c3)cc21. The molecule has 57 heavy (non-hydrogen) atoms. The second-order valence-electron chi connectivity index (χ2n) is 15.7. The molecule has 10 aromatic rings. The average Bonchev–Trinajstić information content (AvgIpc) is 3.51. The predicted molar refractivity (Wildman–Crippen MR) is 242 cm³/mol. The van der Waals surface area contributed by atoms with Gasteiger partial charge in [0.1, 0.15) is 8.07 Å². The van der Waals surface area contributed by atoms with Gasteiger partial charge in [0.05, 0.1) is 22.2 Å². The van der Waals surface area contributed by atoms with Crippen molar-refractivity contribution in [3.63, 3.8) is 0 Å². The minimum atomic E-state index is -1.84. The third-order valence-corrected chi connectivity index (χ3v) is 15.5. The summed E-state index contributed by atoms with van der Waals surface area (Å²) in [5.41, 5.74) is 17.0. The van der Waals surface area contributed by atoms with Gasteiger partial charge in [-0.2, -0.15) is 0 Å². The Bertz CT molecular complexity index is 3200. The molecule has 0 saturated heterocycles. The van der Waals surface area contributed by atoms with Crippen molar-refractivity contribution in [3.8, 4) is 66.9 Å². The fourth-order valence-electron chi connectivity index (χ4n) is 8.90. The highest BCUT2D eigenvalue weighted by atomic mass is 28.3. The summed E-state index contributed by atoms with van der Waals surface area (Å²) in [6.45, 7) is 4.97. The molecular formula is C53H37N3Si. The molecule has 268 valence electrons. The van der Waals surface area contributed by atoms with Crippen LogP contribution in [0.2, 0.25) is 13.1 Å². The highest BCUT2D eigenvalue weighted by Gasteiger charge is 2.37. The Labute approximate surface area is 333 Å². The zero-order valence-electron chi connectivity index (χ0n) is 31.7. The molecule has 4 heteroatoms. The lowest BCUT2D eigenvalue weighted by Crippen LogP contribution is -2.49. The van der Waals surface area contributed by atoms with E-state index < -0.39 is 8.07 Å². The molecular weight excluding hydrogens is 707 g/mol. The number of nitrogens with zero attached hydrogens (tertiary/aromatic N) is 3. The Morgan fingerprint density at radius 1 is 0.351 bits per heavy atom. The maximum atomic E-state index is 5.06. The first-order valence-electron chi connectivity index (χ1n) is 19.6. The number of aromatic nitrogens is 3. The van der Waals surface area contributed by atoms with Crippen LogP contribution in [0.15, 0.2) is 188 Å². The number of pyridine rings is 3. The molecule has 0 bridgehead atoms. The number of benzene rings is 7. The lowest BCUT2D eigenvalue weighted by atomic mass is 9.91. The van der Waals surface area contributed by atoms with E-state index in [0.717, 1.165) is 71.8 Å². The third kappa shape index (κ3) is 5.60. The summed E-state index contributed by atoms with van der Waals surface area (Å²) in [4.78, 5) is 14.9. The summed E-state index contributed by atoms with van der Waals surface area (Å²) in [5.74, 6) is 0. The Morgan fingerprint density at radius 2 is 1.00 bits per heavy atom.